The van der Waals surface area contributed by atoms with Gasteiger partial charge in [-0.1, -0.05) is 29.4 Å². The molecular weight excluding hydrogens is 349 g/mol. The molecular formula is C18H21F3N2O3. The lowest BCUT2D eigenvalue weighted by Gasteiger charge is -2.28. The third-order valence-electron chi connectivity index (χ3n) is 4.52. The second kappa shape index (κ2) is 6.90. The molecule has 0 radical (unpaired) electrons. The van der Waals surface area contributed by atoms with Crippen LogP contribution in [0.25, 0.3) is 0 Å². The third-order valence-corrected chi connectivity index (χ3v) is 4.52. The molecule has 3 rings (SSSR count). The van der Waals surface area contributed by atoms with Crippen LogP contribution in [0.3, 0.4) is 0 Å². The molecule has 0 spiro atoms. The summed E-state index contributed by atoms with van der Waals surface area (Å²) in [7, 11) is 1.75. The van der Waals surface area contributed by atoms with Crippen LogP contribution in [0.4, 0.5) is 13.2 Å². The van der Waals surface area contributed by atoms with Gasteiger partial charge in [-0.15, -0.1) is 0 Å². The van der Waals surface area contributed by atoms with Crippen molar-refractivity contribution in [2.24, 2.45) is 11.1 Å². The van der Waals surface area contributed by atoms with E-state index in [1.165, 1.54) is 6.92 Å². The zero-order valence-corrected chi connectivity index (χ0v) is 14.7. The van der Waals surface area contributed by atoms with Crippen molar-refractivity contribution < 1.29 is 27.5 Å². The number of benzene rings is 1. The van der Waals surface area contributed by atoms with Crippen molar-refractivity contribution in [2.75, 3.05) is 13.7 Å². The lowest BCUT2D eigenvalue weighted by molar-refractivity contribution is -0.370. The summed E-state index contributed by atoms with van der Waals surface area (Å²) in [6, 6.07) is 6.93. The fourth-order valence-electron chi connectivity index (χ4n) is 2.91. The third kappa shape index (κ3) is 3.70. The quantitative estimate of drug-likeness (QED) is 0.770. The average Bonchev–Trinajstić information content (AvgIpc) is 3.34. The zero-order chi connectivity index (χ0) is 18.9. The highest BCUT2D eigenvalue weighted by molar-refractivity contribution is 6.01. The van der Waals surface area contributed by atoms with E-state index < -0.39 is 18.4 Å². The molecule has 0 saturated heterocycles. The summed E-state index contributed by atoms with van der Waals surface area (Å²) >= 11 is 0. The lowest BCUT2D eigenvalue weighted by atomic mass is 10.0. The van der Waals surface area contributed by atoms with E-state index >= 15 is 0 Å². The Morgan fingerprint density at radius 3 is 2.54 bits per heavy atom. The van der Waals surface area contributed by atoms with Gasteiger partial charge in [0.1, 0.15) is 0 Å². The molecule has 1 aromatic rings. The molecule has 142 valence electrons. The van der Waals surface area contributed by atoms with Crippen molar-refractivity contribution in [3.05, 3.63) is 35.4 Å². The van der Waals surface area contributed by atoms with Crippen LogP contribution in [0, 0.1) is 5.92 Å². The summed E-state index contributed by atoms with van der Waals surface area (Å²) in [5.74, 6) is -2.43. The van der Waals surface area contributed by atoms with Crippen molar-refractivity contribution in [1.29, 1.82) is 0 Å². The molecule has 1 saturated carbocycles. The number of hydrogen-bond acceptors (Lipinski definition) is 4. The minimum Gasteiger partial charge on any atom is -0.349 e. The van der Waals surface area contributed by atoms with Crippen LogP contribution in [0.15, 0.2) is 29.4 Å². The number of amides is 1. The van der Waals surface area contributed by atoms with Gasteiger partial charge in [-0.2, -0.15) is 13.2 Å². The molecule has 0 bridgehead atoms. The van der Waals surface area contributed by atoms with Gasteiger partial charge in [-0.25, -0.2) is 0 Å². The average molecular weight is 370 g/mol. The normalized spacial score (nSPS) is 22.7. The van der Waals surface area contributed by atoms with E-state index in [4.69, 9.17) is 4.74 Å². The minimum atomic E-state index is -4.68. The highest BCUT2D eigenvalue weighted by atomic mass is 19.4. The number of nitrogens with zero attached hydrogens (tertiary/aromatic N) is 2. The predicted octanol–water partition coefficient (Wildman–Crippen LogP) is 3.47. The van der Waals surface area contributed by atoms with Crippen molar-refractivity contribution in [3.8, 4) is 0 Å². The first-order valence-corrected chi connectivity index (χ1v) is 8.56. The number of alkyl halides is 3. The van der Waals surface area contributed by atoms with Crippen LogP contribution in [0.2, 0.25) is 0 Å². The molecule has 1 unspecified atom stereocenters. The fourth-order valence-corrected chi connectivity index (χ4v) is 2.91. The summed E-state index contributed by atoms with van der Waals surface area (Å²) < 4.78 is 44.7. The number of carbonyl (C=O) groups excluding carboxylic acids is 1. The van der Waals surface area contributed by atoms with Crippen molar-refractivity contribution in [1.82, 2.24) is 4.90 Å². The van der Waals surface area contributed by atoms with Crippen molar-refractivity contribution >= 4 is 11.6 Å². The van der Waals surface area contributed by atoms with Gasteiger partial charge < -0.3 is 14.5 Å². The first-order valence-electron chi connectivity index (χ1n) is 8.56. The first kappa shape index (κ1) is 18.7. The van der Waals surface area contributed by atoms with Gasteiger partial charge in [-0.05, 0) is 30.9 Å². The Bertz CT molecular complexity index is 699. The van der Waals surface area contributed by atoms with E-state index in [1.54, 1.807) is 36.2 Å². The van der Waals surface area contributed by atoms with E-state index in [1.807, 2.05) is 0 Å². The van der Waals surface area contributed by atoms with Crippen molar-refractivity contribution in [3.63, 3.8) is 0 Å². The number of ether oxygens (including phenoxy) is 1. The lowest BCUT2D eigenvalue weighted by Crippen LogP contribution is -2.48. The van der Waals surface area contributed by atoms with Gasteiger partial charge in [0.25, 0.3) is 0 Å². The summed E-state index contributed by atoms with van der Waals surface area (Å²) in [6.45, 7) is 1.80. The molecule has 1 fully saturated rings. The molecule has 2 aliphatic rings. The van der Waals surface area contributed by atoms with E-state index in [2.05, 4.69) is 9.99 Å². The molecule has 1 amide bonds. The van der Waals surface area contributed by atoms with Crippen LogP contribution in [-0.2, 0) is 20.9 Å². The van der Waals surface area contributed by atoms with Crippen LogP contribution < -0.4 is 0 Å². The van der Waals surface area contributed by atoms with Gasteiger partial charge in [0.2, 0.25) is 5.91 Å². The standard InChI is InChI=1S/C18H21F3N2O3/c1-3-25-17(18(19,20)21)10-15(22-26-17)13-6-4-12(5-7-13)11-23(2)16(24)14-8-9-14/h4-7,14H,3,8-11H2,1-2H3. The smallest absolute Gasteiger partial charge is 0.349 e. The molecule has 0 aromatic heterocycles. The molecule has 1 heterocycles. The zero-order valence-electron chi connectivity index (χ0n) is 14.7. The second-order valence-corrected chi connectivity index (χ2v) is 6.66. The van der Waals surface area contributed by atoms with Gasteiger partial charge in [0.15, 0.2) is 0 Å². The molecule has 1 aliphatic carbocycles. The maximum absolute atomic E-state index is 13.3. The molecule has 8 heteroatoms. The summed E-state index contributed by atoms with van der Waals surface area (Å²) in [4.78, 5) is 18.3. The minimum absolute atomic E-state index is 0.134. The van der Waals surface area contributed by atoms with E-state index in [0.29, 0.717) is 12.1 Å². The van der Waals surface area contributed by atoms with E-state index in [0.717, 1.165) is 18.4 Å². The molecule has 0 N–H and O–H groups in total. The molecule has 1 aromatic carbocycles. The summed E-state index contributed by atoms with van der Waals surface area (Å²) in [6.07, 6.45) is -3.28. The molecule has 1 aliphatic heterocycles. The fraction of sp³-hybridized carbons (Fsp3) is 0.556. The maximum atomic E-state index is 13.3. The van der Waals surface area contributed by atoms with Crippen LogP contribution in [0.1, 0.15) is 37.3 Å². The van der Waals surface area contributed by atoms with Gasteiger partial charge in [-0.3, -0.25) is 4.79 Å². The molecule has 1 atom stereocenters. The highest BCUT2D eigenvalue weighted by Gasteiger charge is 2.62. The van der Waals surface area contributed by atoms with Gasteiger partial charge >= 0.3 is 12.0 Å². The maximum Gasteiger partial charge on any atom is 0.458 e. The highest BCUT2D eigenvalue weighted by Crippen LogP contribution is 2.42. The Hall–Kier alpha value is -2.09. The predicted molar refractivity (Wildman–Crippen MR) is 88.3 cm³/mol. The van der Waals surface area contributed by atoms with E-state index in [9.17, 15) is 18.0 Å². The van der Waals surface area contributed by atoms with Crippen molar-refractivity contribution in [2.45, 2.75) is 44.7 Å². The van der Waals surface area contributed by atoms with Crippen LogP contribution in [-0.4, -0.2) is 42.1 Å². The summed E-state index contributed by atoms with van der Waals surface area (Å²) in [5.41, 5.74) is 1.62. The Labute approximate surface area is 149 Å². The Morgan fingerprint density at radius 1 is 1.35 bits per heavy atom. The largest absolute Gasteiger partial charge is 0.458 e. The Balaban J connectivity index is 1.66. The number of oxime groups is 1. The van der Waals surface area contributed by atoms with Crippen LogP contribution in [0.5, 0.6) is 0 Å². The van der Waals surface area contributed by atoms with Crippen LogP contribution >= 0.6 is 0 Å². The topological polar surface area (TPSA) is 51.1 Å². The molecule has 26 heavy (non-hydrogen) atoms. The Kier molecular flexibility index (Phi) is 4.96. The van der Waals surface area contributed by atoms with E-state index in [-0.39, 0.29) is 24.1 Å². The van der Waals surface area contributed by atoms with Gasteiger partial charge in [0, 0.05) is 26.1 Å². The molecule has 5 nitrogen and oxygen atoms in total. The SMILES string of the molecule is CCOC1(C(F)(F)F)CC(c2ccc(CN(C)C(=O)C3CC3)cc2)=NO1. The second-order valence-electron chi connectivity index (χ2n) is 6.66. The number of halogens is 3. The number of hydrogen-bond donors (Lipinski definition) is 0. The number of rotatable bonds is 6. The monoisotopic (exact) mass is 370 g/mol. The first-order chi connectivity index (χ1) is 12.3. The summed E-state index contributed by atoms with van der Waals surface area (Å²) in [5, 5.41) is 3.60. The Morgan fingerprint density at radius 2 is 2.00 bits per heavy atom. The number of carbonyl (C=O) groups is 1. The van der Waals surface area contributed by atoms with Gasteiger partial charge in [0.05, 0.1) is 12.1 Å².